The zero-order valence-corrected chi connectivity index (χ0v) is 51.8. The van der Waals surface area contributed by atoms with E-state index in [4.69, 9.17) is 18.9 Å². The first-order valence-corrected chi connectivity index (χ1v) is 32.8. The van der Waals surface area contributed by atoms with E-state index in [-0.39, 0.29) is 18.9 Å². The number of unbranched alkanes of at least 4 members (excludes halogenated alkanes) is 18. The molecule has 9 N–H and O–H groups in total. The summed E-state index contributed by atoms with van der Waals surface area (Å²) >= 11 is 0. The fourth-order valence-electron chi connectivity index (χ4n) is 9.97. The number of amides is 1. The molecule has 0 saturated carbocycles. The van der Waals surface area contributed by atoms with Gasteiger partial charge in [0.05, 0.1) is 32.0 Å². The van der Waals surface area contributed by atoms with Crippen molar-refractivity contribution in [1.29, 1.82) is 0 Å². The molecule has 0 aromatic rings. The Morgan fingerprint density at radius 3 is 1.26 bits per heavy atom. The highest BCUT2D eigenvalue weighted by molar-refractivity contribution is 5.76. The van der Waals surface area contributed by atoms with Crippen molar-refractivity contribution in [2.75, 3.05) is 19.8 Å². The molecule has 0 aromatic heterocycles. The minimum Gasteiger partial charge on any atom is -0.394 e. The van der Waals surface area contributed by atoms with Gasteiger partial charge in [-0.25, -0.2) is 0 Å². The zero-order chi connectivity index (χ0) is 60.9. The second kappa shape index (κ2) is 53.6. The topological polar surface area (TPSA) is 228 Å². The summed E-state index contributed by atoms with van der Waals surface area (Å²) in [5.41, 5.74) is 0. The number of aliphatic hydroxyl groups excluding tert-OH is 8. The molecule has 1 amide bonds. The quantitative estimate of drug-likeness (QED) is 0.0204. The van der Waals surface area contributed by atoms with Crippen LogP contribution in [0.15, 0.2) is 122 Å². The van der Waals surface area contributed by atoms with Crippen LogP contribution in [0.5, 0.6) is 0 Å². The zero-order valence-electron chi connectivity index (χ0n) is 51.8. The molecule has 12 unspecified atom stereocenters. The fraction of sp³-hybridized carbons (Fsp3) is 0.700. The lowest BCUT2D eigenvalue weighted by molar-refractivity contribution is -0.359. The summed E-state index contributed by atoms with van der Waals surface area (Å²) in [6.07, 6.45) is 60.6. The van der Waals surface area contributed by atoms with Crippen LogP contribution in [0.3, 0.4) is 0 Å². The third-order valence-corrected chi connectivity index (χ3v) is 15.2. The molecule has 2 heterocycles. The lowest BCUT2D eigenvalue weighted by atomic mass is 9.97. The van der Waals surface area contributed by atoms with Gasteiger partial charge in [-0.15, -0.1) is 0 Å². The van der Waals surface area contributed by atoms with Gasteiger partial charge in [-0.2, -0.15) is 0 Å². The van der Waals surface area contributed by atoms with E-state index in [2.05, 4.69) is 141 Å². The number of hydrogen-bond acceptors (Lipinski definition) is 13. The van der Waals surface area contributed by atoms with E-state index in [0.29, 0.717) is 12.8 Å². The maximum absolute atomic E-state index is 13.3. The van der Waals surface area contributed by atoms with Gasteiger partial charge < -0.3 is 65.1 Å². The van der Waals surface area contributed by atoms with Gasteiger partial charge in [-0.05, 0) is 89.9 Å². The molecular weight excluding hydrogens is 1060 g/mol. The number of rotatable bonds is 51. The minimum absolute atomic E-state index is 0.236. The van der Waals surface area contributed by atoms with Crippen molar-refractivity contribution in [3.05, 3.63) is 122 Å². The van der Waals surface area contributed by atoms with Crippen molar-refractivity contribution in [2.45, 2.75) is 293 Å². The fourth-order valence-corrected chi connectivity index (χ4v) is 9.97. The number of hydrogen-bond donors (Lipinski definition) is 9. The van der Waals surface area contributed by atoms with Gasteiger partial charge in [-0.1, -0.05) is 245 Å². The molecule has 12 atom stereocenters. The van der Waals surface area contributed by atoms with E-state index in [1.54, 1.807) is 0 Å². The average molecular weight is 1180 g/mol. The Kier molecular flexibility index (Phi) is 48.8. The van der Waals surface area contributed by atoms with E-state index in [0.717, 1.165) is 116 Å². The first kappa shape index (κ1) is 76.5. The van der Waals surface area contributed by atoms with Gasteiger partial charge in [0.1, 0.15) is 48.8 Å². The van der Waals surface area contributed by atoms with Crippen LogP contribution in [-0.2, 0) is 23.7 Å². The van der Waals surface area contributed by atoms with Crippen LogP contribution < -0.4 is 5.32 Å². The molecule has 0 radical (unpaired) electrons. The van der Waals surface area contributed by atoms with Crippen LogP contribution in [0.2, 0.25) is 0 Å². The van der Waals surface area contributed by atoms with Crippen molar-refractivity contribution in [3.8, 4) is 0 Å². The molecule has 0 bridgehead atoms. The lowest BCUT2D eigenvalue weighted by Gasteiger charge is -2.46. The molecule has 0 aromatic carbocycles. The number of ether oxygens (including phenoxy) is 4. The van der Waals surface area contributed by atoms with Gasteiger partial charge in [0.15, 0.2) is 12.6 Å². The summed E-state index contributed by atoms with van der Waals surface area (Å²) in [6.45, 7) is 2.72. The van der Waals surface area contributed by atoms with E-state index in [1.807, 2.05) is 0 Å². The van der Waals surface area contributed by atoms with Crippen molar-refractivity contribution >= 4 is 5.91 Å². The number of carbonyl (C=O) groups is 1. The summed E-state index contributed by atoms with van der Waals surface area (Å²) in [5, 5.41) is 87.3. The van der Waals surface area contributed by atoms with E-state index < -0.39 is 86.8 Å². The van der Waals surface area contributed by atoms with Crippen molar-refractivity contribution < 1.29 is 64.6 Å². The number of allylic oxidation sites excluding steroid dienone is 20. The SMILES string of the molecule is CC/C=C\C/C=C\C/C=C\C/C=C\C/C=C\C/C=C\C/C=C\C/C=C\C/C=C\C/C=C\CCCCCCC(=O)NC(COC1OC(CO)C(OC2OC(CO)C(O)C(O)C2O)C(O)C1O)C(O)CCCCCCCCCCCCCCCCC. The standard InChI is InChI=1S/C70H117NO13/c1-3-5-7-9-11-13-15-17-19-20-21-22-23-24-25-26-27-28-29-30-31-32-33-34-35-36-37-38-40-42-44-46-48-50-52-54-62(75)71-58(59(74)53-51-49-47-45-43-41-39-18-16-14-12-10-8-6-4-2)57-81-69-67(80)65(78)68(61(56-73)83-69)84-70-66(79)64(77)63(76)60(55-72)82-70/h5,7,11,13,17,19,21-22,24-25,27-28,30-31,33-34,36-37,40,42,58-61,63-70,72-74,76-80H,3-4,6,8-10,12,14-16,18,20,23,26,29,32,35,38-39,41,43-57H2,1-2H3,(H,71,75)/b7-5-,13-11-,19-17-,22-21-,25-24-,28-27-,31-30-,34-33-,37-36-,42-40-. The van der Waals surface area contributed by atoms with E-state index >= 15 is 0 Å². The molecule has 2 saturated heterocycles. The first-order chi connectivity index (χ1) is 41.1. The maximum Gasteiger partial charge on any atom is 0.220 e. The molecule has 2 aliphatic heterocycles. The van der Waals surface area contributed by atoms with Crippen LogP contribution in [0, 0.1) is 0 Å². The van der Waals surface area contributed by atoms with Crippen molar-refractivity contribution in [3.63, 3.8) is 0 Å². The van der Waals surface area contributed by atoms with Crippen LogP contribution in [0.25, 0.3) is 0 Å². The average Bonchev–Trinajstić information content (AvgIpc) is 3.23. The van der Waals surface area contributed by atoms with Gasteiger partial charge in [0.2, 0.25) is 5.91 Å². The van der Waals surface area contributed by atoms with Crippen LogP contribution in [0.1, 0.15) is 219 Å². The Labute approximate surface area is 508 Å². The Balaban J connectivity index is 1.69. The Bertz CT molecular complexity index is 1870. The molecule has 2 rings (SSSR count). The molecule has 84 heavy (non-hydrogen) atoms. The van der Waals surface area contributed by atoms with Gasteiger partial charge >= 0.3 is 0 Å². The van der Waals surface area contributed by atoms with Gasteiger partial charge in [0.25, 0.3) is 0 Å². The van der Waals surface area contributed by atoms with Gasteiger partial charge in [0, 0.05) is 6.42 Å². The molecule has 14 nitrogen and oxygen atoms in total. The first-order valence-electron chi connectivity index (χ1n) is 32.8. The third kappa shape index (κ3) is 37.8. The highest BCUT2D eigenvalue weighted by Gasteiger charge is 2.51. The molecule has 0 aliphatic carbocycles. The lowest BCUT2D eigenvalue weighted by Crippen LogP contribution is -2.65. The number of aliphatic hydroxyl groups is 8. The second-order valence-corrected chi connectivity index (χ2v) is 22.5. The van der Waals surface area contributed by atoms with Gasteiger partial charge in [-0.3, -0.25) is 4.79 Å². The van der Waals surface area contributed by atoms with Crippen molar-refractivity contribution in [1.82, 2.24) is 5.32 Å². The summed E-state index contributed by atoms with van der Waals surface area (Å²) in [5.74, 6) is -0.236. The van der Waals surface area contributed by atoms with Crippen molar-refractivity contribution in [2.24, 2.45) is 0 Å². The molecule has 2 aliphatic rings. The second-order valence-electron chi connectivity index (χ2n) is 22.5. The van der Waals surface area contributed by atoms with Crippen LogP contribution >= 0.6 is 0 Å². The monoisotopic (exact) mass is 1180 g/mol. The minimum atomic E-state index is -1.79. The third-order valence-electron chi connectivity index (χ3n) is 15.2. The summed E-state index contributed by atoms with van der Waals surface area (Å²) in [6, 6.07) is -0.852. The summed E-state index contributed by atoms with van der Waals surface area (Å²) in [4.78, 5) is 13.3. The molecule has 0 spiro atoms. The largest absolute Gasteiger partial charge is 0.394 e. The van der Waals surface area contributed by atoms with E-state index in [1.165, 1.54) is 70.6 Å². The predicted octanol–water partition coefficient (Wildman–Crippen LogP) is 12.6. The summed E-state index contributed by atoms with van der Waals surface area (Å²) < 4.78 is 22.8. The normalized spacial score (nSPS) is 24.5. The highest BCUT2D eigenvalue weighted by atomic mass is 16.7. The number of nitrogens with one attached hydrogen (secondary N) is 1. The summed E-state index contributed by atoms with van der Waals surface area (Å²) in [7, 11) is 0. The Morgan fingerprint density at radius 2 is 0.821 bits per heavy atom. The van der Waals surface area contributed by atoms with Crippen LogP contribution in [-0.4, -0.2) is 140 Å². The molecule has 2 fully saturated rings. The molecule has 14 heteroatoms. The number of carbonyl (C=O) groups excluding carboxylic acids is 1. The maximum atomic E-state index is 13.3. The molecule has 480 valence electrons. The Morgan fingerprint density at radius 1 is 0.440 bits per heavy atom. The highest BCUT2D eigenvalue weighted by Crippen LogP contribution is 2.30. The van der Waals surface area contributed by atoms with E-state index in [9.17, 15) is 45.6 Å². The smallest absolute Gasteiger partial charge is 0.220 e. The Hall–Kier alpha value is -3.61. The van der Waals surface area contributed by atoms with Crippen LogP contribution in [0.4, 0.5) is 0 Å². The predicted molar refractivity (Wildman–Crippen MR) is 341 cm³/mol. The molecular formula is C70H117NO13.